The van der Waals surface area contributed by atoms with Gasteiger partial charge in [0.1, 0.15) is 5.82 Å². The minimum atomic E-state index is -0.157. The molecule has 0 aliphatic carbocycles. The van der Waals surface area contributed by atoms with Crippen LogP contribution in [0.5, 0.6) is 0 Å². The lowest BCUT2D eigenvalue weighted by molar-refractivity contribution is 0.585. The molecule has 88 valence electrons. The summed E-state index contributed by atoms with van der Waals surface area (Å²) in [5.41, 5.74) is 4.23. The first-order chi connectivity index (χ1) is 7.54. The standard InChI is InChI=1S/C13H17ClFN/c1-9(7-14)8-16-11(3)12-5-4-10(2)13(15)6-12/h4-7,11,16H,8H2,1-3H3/b9-7+. The van der Waals surface area contributed by atoms with Crippen LogP contribution in [0.4, 0.5) is 4.39 Å². The van der Waals surface area contributed by atoms with Crippen molar-refractivity contribution in [3.05, 3.63) is 46.3 Å². The predicted octanol–water partition coefficient (Wildman–Crippen LogP) is 3.93. The SMILES string of the molecule is C/C(=C\Cl)CNC(C)c1ccc(C)c(F)c1. The quantitative estimate of drug-likeness (QED) is 0.842. The first-order valence-electron chi connectivity index (χ1n) is 5.30. The number of rotatable bonds is 4. The lowest BCUT2D eigenvalue weighted by Gasteiger charge is -2.14. The molecule has 0 spiro atoms. The third-order valence-electron chi connectivity index (χ3n) is 2.57. The lowest BCUT2D eigenvalue weighted by atomic mass is 10.1. The average molecular weight is 242 g/mol. The number of nitrogens with one attached hydrogen (secondary N) is 1. The largest absolute Gasteiger partial charge is 0.306 e. The second-order valence-electron chi connectivity index (χ2n) is 4.07. The topological polar surface area (TPSA) is 12.0 Å². The predicted molar refractivity (Wildman–Crippen MR) is 67.2 cm³/mol. The van der Waals surface area contributed by atoms with Crippen LogP contribution in [0.3, 0.4) is 0 Å². The zero-order valence-corrected chi connectivity index (χ0v) is 10.6. The lowest BCUT2D eigenvalue weighted by Crippen LogP contribution is -2.20. The molecule has 16 heavy (non-hydrogen) atoms. The Balaban J connectivity index is 2.66. The van der Waals surface area contributed by atoms with Crippen LogP contribution in [0.1, 0.15) is 31.0 Å². The van der Waals surface area contributed by atoms with Crippen molar-refractivity contribution in [2.45, 2.75) is 26.8 Å². The fourth-order valence-electron chi connectivity index (χ4n) is 1.35. The fraction of sp³-hybridized carbons (Fsp3) is 0.385. The number of hydrogen-bond acceptors (Lipinski definition) is 1. The minimum absolute atomic E-state index is 0.113. The van der Waals surface area contributed by atoms with Crippen molar-refractivity contribution < 1.29 is 4.39 Å². The van der Waals surface area contributed by atoms with Gasteiger partial charge in [0.25, 0.3) is 0 Å². The van der Waals surface area contributed by atoms with Crippen LogP contribution in [0.15, 0.2) is 29.3 Å². The molecule has 1 rings (SSSR count). The highest BCUT2D eigenvalue weighted by atomic mass is 35.5. The summed E-state index contributed by atoms with van der Waals surface area (Å²) in [7, 11) is 0. The van der Waals surface area contributed by atoms with Crippen molar-refractivity contribution in [1.82, 2.24) is 5.32 Å². The fourth-order valence-corrected chi connectivity index (χ4v) is 1.43. The molecule has 1 nitrogen and oxygen atoms in total. The summed E-state index contributed by atoms with van der Waals surface area (Å²) in [5.74, 6) is -0.157. The van der Waals surface area contributed by atoms with Crippen molar-refractivity contribution in [3.8, 4) is 0 Å². The summed E-state index contributed by atoms with van der Waals surface area (Å²) < 4.78 is 13.3. The molecule has 0 bridgehead atoms. The normalized spacial score (nSPS) is 13.9. The van der Waals surface area contributed by atoms with Gasteiger partial charge in [-0.3, -0.25) is 0 Å². The molecule has 3 heteroatoms. The van der Waals surface area contributed by atoms with Crippen molar-refractivity contribution in [1.29, 1.82) is 0 Å². The van der Waals surface area contributed by atoms with Gasteiger partial charge in [-0.2, -0.15) is 0 Å². The number of halogens is 2. The van der Waals surface area contributed by atoms with Crippen LogP contribution in [-0.4, -0.2) is 6.54 Å². The van der Waals surface area contributed by atoms with Crippen LogP contribution >= 0.6 is 11.6 Å². The van der Waals surface area contributed by atoms with Crippen molar-refractivity contribution in [3.63, 3.8) is 0 Å². The Kier molecular flexibility index (Phi) is 4.97. The Morgan fingerprint density at radius 1 is 1.56 bits per heavy atom. The van der Waals surface area contributed by atoms with Gasteiger partial charge in [0.15, 0.2) is 0 Å². The van der Waals surface area contributed by atoms with Gasteiger partial charge >= 0.3 is 0 Å². The zero-order chi connectivity index (χ0) is 12.1. The molecule has 1 N–H and O–H groups in total. The van der Waals surface area contributed by atoms with Gasteiger partial charge < -0.3 is 5.32 Å². The van der Waals surface area contributed by atoms with Crippen LogP contribution < -0.4 is 5.32 Å². The molecule has 1 aromatic rings. The van der Waals surface area contributed by atoms with E-state index in [-0.39, 0.29) is 11.9 Å². The number of hydrogen-bond donors (Lipinski definition) is 1. The summed E-state index contributed by atoms with van der Waals surface area (Å²) in [4.78, 5) is 0. The van der Waals surface area contributed by atoms with Gasteiger partial charge in [0.2, 0.25) is 0 Å². The molecular formula is C13H17ClFN. The molecule has 0 saturated carbocycles. The van der Waals surface area contributed by atoms with E-state index < -0.39 is 0 Å². The molecule has 0 heterocycles. The van der Waals surface area contributed by atoms with Crippen molar-refractivity contribution in [2.24, 2.45) is 0 Å². The molecular weight excluding hydrogens is 225 g/mol. The van der Waals surface area contributed by atoms with E-state index in [1.165, 1.54) is 0 Å². The number of benzene rings is 1. The summed E-state index contributed by atoms with van der Waals surface area (Å²) in [6, 6.07) is 5.43. The molecule has 0 amide bonds. The molecule has 0 fully saturated rings. The van der Waals surface area contributed by atoms with E-state index in [2.05, 4.69) is 5.32 Å². The van der Waals surface area contributed by atoms with Crippen LogP contribution in [0.25, 0.3) is 0 Å². The van der Waals surface area contributed by atoms with Crippen molar-refractivity contribution in [2.75, 3.05) is 6.54 Å². The molecule has 0 aromatic heterocycles. The monoisotopic (exact) mass is 241 g/mol. The van der Waals surface area contributed by atoms with E-state index in [9.17, 15) is 4.39 Å². The molecule has 0 radical (unpaired) electrons. The van der Waals surface area contributed by atoms with E-state index in [1.807, 2.05) is 19.9 Å². The van der Waals surface area contributed by atoms with Crippen LogP contribution in [0.2, 0.25) is 0 Å². The van der Waals surface area contributed by atoms with E-state index in [1.54, 1.807) is 24.6 Å². The van der Waals surface area contributed by atoms with Crippen molar-refractivity contribution >= 4 is 11.6 Å². The van der Waals surface area contributed by atoms with E-state index in [0.717, 1.165) is 11.1 Å². The number of aryl methyl sites for hydroxylation is 1. The Hall–Kier alpha value is -0.860. The Bertz CT molecular complexity index is 388. The maximum atomic E-state index is 13.3. The third-order valence-corrected chi connectivity index (χ3v) is 2.94. The molecule has 0 aliphatic rings. The third kappa shape index (κ3) is 3.62. The molecule has 0 saturated heterocycles. The maximum absolute atomic E-state index is 13.3. The Morgan fingerprint density at radius 2 is 2.25 bits per heavy atom. The van der Waals surface area contributed by atoms with E-state index in [4.69, 9.17) is 11.6 Å². The Labute approximate surface area is 101 Å². The van der Waals surface area contributed by atoms with Crippen LogP contribution in [-0.2, 0) is 0 Å². The highest BCUT2D eigenvalue weighted by Gasteiger charge is 2.06. The summed E-state index contributed by atoms with van der Waals surface area (Å²) >= 11 is 5.57. The van der Waals surface area contributed by atoms with E-state index in [0.29, 0.717) is 12.1 Å². The minimum Gasteiger partial charge on any atom is -0.306 e. The molecule has 0 aliphatic heterocycles. The molecule has 1 unspecified atom stereocenters. The first kappa shape index (κ1) is 13.2. The molecule has 1 aromatic carbocycles. The van der Waals surface area contributed by atoms with Crippen LogP contribution in [0, 0.1) is 12.7 Å². The second kappa shape index (κ2) is 6.02. The smallest absolute Gasteiger partial charge is 0.126 e. The summed E-state index contributed by atoms with van der Waals surface area (Å²) in [6.07, 6.45) is 0. The Morgan fingerprint density at radius 3 is 2.81 bits per heavy atom. The zero-order valence-electron chi connectivity index (χ0n) is 9.85. The van der Waals surface area contributed by atoms with Gasteiger partial charge in [-0.05, 0) is 43.5 Å². The highest BCUT2D eigenvalue weighted by molar-refractivity contribution is 6.25. The van der Waals surface area contributed by atoms with Gasteiger partial charge in [0.05, 0.1) is 0 Å². The summed E-state index contributed by atoms with van der Waals surface area (Å²) in [6.45, 7) is 6.42. The van der Waals surface area contributed by atoms with Gasteiger partial charge in [-0.25, -0.2) is 4.39 Å². The van der Waals surface area contributed by atoms with Gasteiger partial charge in [-0.1, -0.05) is 23.7 Å². The van der Waals surface area contributed by atoms with E-state index >= 15 is 0 Å². The molecule has 1 atom stereocenters. The second-order valence-corrected chi connectivity index (χ2v) is 4.28. The van der Waals surface area contributed by atoms with Gasteiger partial charge in [-0.15, -0.1) is 0 Å². The highest BCUT2D eigenvalue weighted by Crippen LogP contribution is 2.16. The maximum Gasteiger partial charge on any atom is 0.126 e. The average Bonchev–Trinajstić information content (AvgIpc) is 2.29. The van der Waals surface area contributed by atoms with Gasteiger partial charge in [0, 0.05) is 18.1 Å². The summed E-state index contributed by atoms with van der Waals surface area (Å²) in [5, 5.41) is 3.28. The first-order valence-corrected chi connectivity index (χ1v) is 5.73.